The van der Waals surface area contributed by atoms with Gasteiger partial charge in [0.25, 0.3) is 5.91 Å². The molecule has 0 radical (unpaired) electrons. The number of aromatic nitrogens is 3. The van der Waals surface area contributed by atoms with E-state index < -0.39 is 0 Å². The summed E-state index contributed by atoms with van der Waals surface area (Å²) >= 11 is 0. The molecule has 2 aromatic rings. The lowest BCUT2D eigenvalue weighted by atomic mass is 10.2. The van der Waals surface area contributed by atoms with Crippen LogP contribution in [0, 0.1) is 20.8 Å². The van der Waals surface area contributed by atoms with Crippen LogP contribution in [0.4, 0.5) is 0 Å². The molecule has 1 N–H and O–H groups in total. The van der Waals surface area contributed by atoms with Crippen LogP contribution < -0.4 is 5.32 Å². The van der Waals surface area contributed by atoms with Crippen LogP contribution in [0.5, 0.6) is 0 Å². The standard InChI is InChI=1S/C14H18N4O/c1-5-15-14(19)12-6-7-13(16-8-12)18-11(4)9(2)10(3)17-18/h6-8H,5H2,1-4H3,(H,15,19). The number of pyridine rings is 1. The molecule has 0 unspecified atom stereocenters. The Hall–Kier alpha value is -2.17. The second-order valence-electron chi connectivity index (χ2n) is 4.47. The smallest absolute Gasteiger partial charge is 0.252 e. The molecule has 1 amide bonds. The number of aryl methyl sites for hydroxylation is 1. The molecule has 0 aliphatic carbocycles. The third-order valence-corrected chi connectivity index (χ3v) is 3.22. The third-order valence-electron chi connectivity index (χ3n) is 3.22. The van der Waals surface area contributed by atoms with Crippen LogP contribution >= 0.6 is 0 Å². The van der Waals surface area contributed by atoms with Crippen molar-refractivity contribution in [2.75, 3.05) is 6.54 Å². The SMILES string of the molecule is CCNC(=O)c1ccc(-n2nc(C)c(C)c2C)nc1. The number of hydrogen-bond acceptors (Lipinski definition) is 3. The minimum Gasteiger partial charge on any atom is -0.352 e. The molecule has 5 nitrogen and oxygen atoms in total. The molecular weight excluding hydrogens is 240 g/mol. The van der Waals surface area contributed by atoms with Crippen molar-refractivity contribution >= 4 is 5.91 Å². The predicted molar refractivity (Wildman–Crippen MR) is 73.6 cm³/mol. The first-order valence-electron chi connectivity index (χ1n) is 6.32. The average molecular weight is 258 g/mol. The highest BCUT2D eigenvalue weighted by molar-refractivity contribution is 5.93. The van der Waals surface area contributed by atoms with E-state index in [1.54, 1.807) is 16.9 Å². The summed E-state index contributed by atoms with van der Waals surface area (Å²) in [6, 6.07) is 3.57. The van der Waals surface area contributed by atoms with E-state index in [1.807, 2.05) is 33.8 Å². The quantitative estimate of drug-likeness (QED) is 0.915. The second kappa shape index (κ2) is 5.22. The van der Waals surface area contributed by atoms with Crippen molar-refractivity contribution in [3.8, 4) is 5.82 Å². The number of nitrogens with zero attached hydrogens (tertiary/aromatic N) is 3. The van der Waals surface area contributed by atoms with Gasteiger partial charge in [-0.15, -0.1) is 0 Å². The van der Waals surface area contributed by atoms with Crippen molar-refractivity contribution < 1.29 is 4.79 Å². The monoisotopic (exact) mass is 258 g/mol. The van der Waals surface area contributed by atoms with E-state index in [0.29, 0.717) is 12.1 Å². The number of nitrogens with one attached hydrogen (secondary N) is 1. The Labute approximate surface area is 112 Å². The van der Waals surface area contributed by atoms with Crippen LogP contribution in [-0.4, -0.2) is 27.2 Å². The van der Waals surface area contributed by atoms with E-state index in [-0.39, 0.29) is 5.91 Å². The van der Waals surface area contributed by atoms with Crippen molar-refractivity contribution in [3.63, 3.8) is 0 Å². The van der Waals surface area contributed by atoms with E-state index in [4.69, 9.17) is 0 Å². The summed E-state index contributed by atoms with van der Waals surface area (Å²) in [5, 5.41) is 7.19. The topological polar surface area (TPSA) is 59.8 Å². The van der Waals surface area contributed by atoms with Crippen LogP contribution in [0.15, 0.2) is 18.3 Å². The fraction of sp³-hybridized carbons (Fsp3) is 0.357. The number of rotatable bonds is 3. The maximum Gasteiger partial charge on any atom is 0.252 e. The zero-order valence-corrected chi connectivity index (χ0v) is 11.7. The summed E-state index contributed by atoms with van der Waals surface area (Å²) < 4.78 is 1.80. The molecule has 0 saturated carbocycles. The molecular formula is C14H18N4O. The van der Waals surface area contributed by atoms with Gasteiger partial charge < -0.3 is 5.32 Å². The van der Waals surface area contributed by atoms with Gasteiger partial charge in [0.2, 0.25) is 0 Å². The van der Waals surface area contributed by atoms with Crippen molar-refractivity contribution in [3.05, 3.63) is 40.8 Å². The van der Waals surface area contributed by atoms with E-state index in [9.17, 15) is 4.79 Å². The van der Waals surface area contributed by atoms with Gasteiger partial charge in [0.15, 0.2) is 5.82 Å². The Morgan fingerprint density at radius 1 is 1.32 bits per heavy atom. The van der Waals surface area contributed by atoms with Gasteiger partial charge in [-0.25, -0.2) is 9.67 Å². The van der Waals surface area contributed by atoms with Gasteiger partial charge in [-0.3, -0.25) is 4.79 Å². The summed E-state index contributed by atoms with van der Waals surface area (Å²) in [4.78, 5) is 16.0. The lowest BCUT2D eigenvalue weighted by Gasteiger charge is -2.05. The molecule has 0 fully saturated rings. The van der Waals surface area contributed by atoms with E-state index in [2.05, 4.69) is 15.4 Å². The summed E-state index contributed by atoms with van der Waals surface area (Å²) in [5.41, 5.74) is 3.78. The van der Waals surface area contributed by atoms with Gasteiger partial charge >= 0.3 is 0 Å². The second-order valence-corrected chi connectivity index (χ2v) is 4.47. The minimum absolute atomic E-state index is 0.105. The lowest BCUT2D eigenvalue weighted by molar-refractivity contribution is 0.0955. The van der Waals surface area contributed by atoms with E-state index in [0.717, 1.165) is 22.8 Å². The molecule has 0 bridgehead atoms. The normalized spacial score (nSPS) is 10.5. The summed E-state index contributed by atoms with van der Waals surface area (Å²) in [7, 11) is 0. The number of amides is 1. The molecule has 0 spiro atoms. The highest BCUT2D eigenvalue weighted by Gasteiger charge is 2.11. The first-order chi connectivity index (χ1) is 9.04. The first kappa shape index (κ1) is 13.3. The van der Waals surface area contributed by atoms with Crippen molar-refractivity contribution in [1.82, 2.24) is 20.1 Å². The first-order valence-corrected chi connectivity index (χ1v) is 6.32. The molecule has 0 atom stereocenters. The van der Waals surface area contributed by atoms with E-state index in [1.165, 1.54) is 0 Å². The van der Waals surface area contributed by atoms with Crippen molar-refractivity contribution in [1.29, 1.82) is 0 Å². The molecule has 2 aromatic heterocycles. The van der Waals surface area contributed by atoms with Gasteiger partial charge in [0.1, 0.15) is 0 Å². The Morgan fingerprint density at radius 2 is 2.05 bits per heavy atom. The highest BCUT2D eigenvalue weighted by Crippen LogP contribution is 2.15. The Kier molecular flexibility index (Phi) is 3.64. The maximum atomic E-state index is 11.6. The van der Waals surface area contributed by atoms with Crippen LogP contribution in [-0.2, 0) is 0 Å². The zero-order chi connectivity index (χ0) is 14.0. The van der Waals surface area contributed by atoms with Crippen LogP contribution in [0.1, 0.15) is 34.2 Å². The molecule has 5 heteroatoms. The Balaban J connectivity index is 2.32. The van der Waals surface area contributed by atoms with Gasteiger partial charge in [-0.2, -0.15) is 5.10 Å². The maximum absolute atomic E-state index is 11.6. The van der Waals surface area contributed by atoms with Crippen LogP contribution in [0.25, 0.3) is 5.82 Å². The van der Waals surface area contributed by atoms with Crippen LogP contribution in [0.2, 0.25) is 0 Å². The average Bonchev–Trinajstić information content (AvgIpc) is 2.67. The van der Waals surface area contributed by atoms with Gasteiger partial charge in [0, 0.05) is 18.4 Å². The van der Waals surface area contributed by atoms with Crippen molar-refractivity contribution in [2.45, 2.75) is 27.7 Å². The number of carbonyl (C=O) groups is 1. The number of hydrogen-bond donors (Lipinski definition) is 1. The van der Waals surface area contributed by atoms with Gasteiger partial charge in [0.05, 0.1) is 11.3 Å². The van der Waals surface area contributed by atoms with Gasteiger partial charge in [-0.1, -0.05) is 0 Å². The Morgan fingerprint density at radius 3 is 2.53 bits per heavy atom. The van der Waals surface area contributed by atoms with Crippen molar-refractivity contribution in [2.24, 2.45) is 0 Å². The molecule has 0 aliphatic heterocycles. The van der Waals surface area contributed by atoms with Gasteiger partial charge in [-0.05, 0) is 45.4 Å². The number of carbonyl (C=O) groups excluding carboxylic acids is 1. The Bertz CT molecular complexity index is 599. The molecule has 2 heterocycles. The molecule has 19 heavy (non-hydrogen) atoms. The summed E-state index contributed by atoms with van der Waals surface area (Å²) in [6.45, 7) is 8.52. The largest absolute Gasteiger partial charge is 0.352 e. The minimum atomic E-state index is -0.105. The molecule has 100 valence electrons. The molecule has 0 aliphatic rings. The van der Waals surface area contributed by atoms with Crippen LogP contribution in [0.3, 0.4) is 0 Å². The fourth-order valence-electron chi connectivity index (χ4n) is 1.85. The third kappa shape index (κ3) is 2.50. The summed E-state index contributed by atoms with van der Waals surface area (Å²) in [5.74, 6) is 0.618. The molecule has 0 saturated heterocycles. The zero-order valence-electron chi connectivity index (χ0n) is 11.7. The molecule has 2 rings (SSSR count). The summed E-state index contributed by atoms with van der Waals surface area (Å²) in [6.07, 6.45) is 1.58. The lowest BCUT2D eigenvalue weighted by Crippen LogP contribution is -2.22. The van der Waals surface area contributed by atoms with E-state index >= 15 is 0 Å². The highest BCUT2D eigenvalue weighted by atomic mass is 16.1. The fourth-order valence-corrected chi connectivity index (χ4v) is 1.85. The molecule has 0 aromatic carbocycles. The predicted octanol–water partition coefficient (Wildman–Crippen LogP) is 1.94.